The lowest BCUT2D eigenvalue weighted by atomic mass is 10.0. The van der Waals surface area contributed by atoms with Crippen LogP contribution in [0.3, 0.4) is 0 Å². The Morgan fingerprint density at radius 3 is 2.50 bits per heavy atom. The molecule has 0 aliphatic carbocycles. The van der Waals surface area contributed by atoms with Crippen LogP contribution in [-0.4, -0.2) is 17.0 Å². The van der Waals surface area contributed by atoms with Gasteiger partial charge in [-0.2, -0.15) is 0 Å². The smallest absolute Gasteiger partial charge is 0.337 e. The van der Waals surface area contributed by atoms with Gasteiger partial charge in [-0.3, -0.25) is 4.79 Å². The molecule has 2 rings (SSSR count). The van der Waals surface area contributed by atoms with Crippen LogP contribution in [0.4, 0.5) is 5.69 Å². The lowest BCUT2D eigenvalue weighted by Gasteiger charge is -2.12. The molecular formula is C14H12INO3S. The quantitative estimate of drug-likeness (QED) is 0.767. The molecule has 2 aromatic rings. The monoisotopic (exact) mass is 401 g/mol. The van der Waals surface area contributed by atoms with Crippen LogP contribution in [0.2, 0.25) is 0 Å². The molecule has 1 aromatic carbocycles. The van der Waals surface area contributed by atoms with Crippen LogP contribution in [0.15, 0.2) is 23.6 Å². The van der Waals surface area contributed by atoms with Gasteiger partial charge in [-0.05, 0) is 59.7 Å². The van der Waals surface area contributed by atoms with Crippen LogP contribution in [0.5, 0.6) is 0 Å². The van der Waals surface area contributed by atoms with E-state index < -0.39 is 5.97 Å². The Hall–Kier alpha value is -1.41. The summed E-state index contributed by atoms with van der Waals surface area (Å²) in [6.45, 7) is 3.61. The van der Waals surface area contributed by atoms with Crippen molar-refractivity contribution >= 4 is 51.5 Å². The zero-order valence-corrected chi connectivity index (χ0v) is 13.8. The molecule has 2 N–H and O–H groups in total. The van der Waals surface area contributed by atoms with Gasteiger partial charge in [0.1, 0.15) is 0 Å². The van der Waals surface area contributed by atoms with E-state index >= 15 is 0 Å². The molecule has 0 atom stereocenters. The number of benzene rings is 1. The van der Waals surface area contributed by atoms with Crippen LogP contribution in [0.1, 0.15) is 31.8 Å². The maximum Gasteiger partial charge on any atom is 0.337 e. The highest BCUT2D eigenvalue weighted by atomic mass is 127. The normalized spacial score (nSPS) is 10.3. The van der Waals surface area contributed by atoms with Crippen molar-refractivity contribution in [3.05, 3.63) is 48.7 Å². The second-order valence-corrected chi connectivity index (χ2v) is 7.21. The summed E-state index contributed by atoms with van der Waals surface area (Å²) < 4.78 is 1.01. The number of halogens is 1. The summed E-state index contributed by atoms with van der Waals surface area (Å²) in [7, 11) is 0. The van der Waals surface area contributed by atoms with E-state index in [2.05, 4.69) is 27.9 Å². The Kier molecular flexibility index (Phi) is 4.44. The molecule has 104 valence electrons. The SMILES string of the molecule is Cc1cc(C)c(NC(=O)c2csc(I)c2)c(C(=O)O)c1. The van der Waals surface area contributed by atoms with Crippen LogP contribution in [0.25, 0.3) is 0 Å². The Morgan fingerprint density at radius 2 is 1.95 bits per heavy atom. The number of rotatable bonds is 3. The lowest BCUT2D eigenvalue weighted by Crippen LogP contribution is -2.15. The van der Waals surface area contributed by atoms with Crippen molar-refractivity contribution in [1.82, 2.24) is 0 Å². The number of carboxylic acid groups (broad SMARTS) is 1. The summed E-state index contributed by atoms with van der Waals surface area (Å²) in [5.74, 6) is -1.34. The molecule has 0 spiro atoms. The molecule has 0 bridgehead atoms. The first-order chi connectivity index (χ1) is 9.38. The summed E-state index contributed by atoms with van der Waals surface area (Å²) in [6.07, 6.45) is 0. The number of hydrogen-bond acceptors (Lipinski definition) is 3. The van der Waals surface area contributed by atoms with Gasteiger partial charge in [-0.1, -0.05) is 6.07 Å². The molecule has 0 aliphatic rings. The molecule has 0 fully saturated rings. The maximum atomic E-state index is 12.1. The second-order valence-electron chi connectivity index (χ2n) is 4.40. The summed E-state index contributed by atoms with van der Waals surface area (Å²) >= 11 is 3.61. The number of carbonyl (C=O) groups excluding carboxylic acids is 1. The minimum Gasteiger partial charge on any atom is -0.478 e. The van der Waals surface area contributed by atoms with Gasteiger partial charge < -0.3 is 10.4 Å². The molecule has 0 aliphatic heterocycles. The van der Waals surface area contributed by atoms with E-state index in [9.17, 15) is 14.7 Å². The van der Waals surface area contributed by atoms with Gasteiger partial charge in [0.05, 0.1) is 19.7 Å². The first-order valence-electron chi connectivity index (χ1n) is 5.78. The molecule has 20 heavy (non-hydrogen) atoms. The number of aromatic carboxylic acids is 1. The van der Waals surface area contributed by atoms with E-state index in [-0.39, 0.29) is 11.5 Å². The molecule has 6 heteroatoms. The Balaban J connectivity index is 2.38. The Bertz CT molecular complexity index is 694. The minimum absolute atomic E-state index is 0.112. The predicted molar refractivity (Wildman–Crippen MR) is 87.9 cm³/mol. The largest absolute Gasteiger partial charge is 0.478 e. The fraction of sp³-hybridized carbons (Fsp3) is 0.143. The molecule has 1 heterocycles. The van der Waals surface area contributed by atoms with Crippen LogP contribution in [0, 0.1) is 16.7 Å². The number of carbonyl (C=O) groups is 2. The third-order valence-corrected chi connectivity index (χ3v) is 4.57. The van der Waals surface area contributed by atoms with Crippen LogP contribution >= 0.6 is 33.9 Å². The molecule has 0 unspecified atom stereocenters. The standard InChI is InChI=1S/C14H12INO3S/c1-7-3-8(2)12(10(4-7)14(18)19)16-13(17)9-5-11(15)20-6-9/h3-6H,1-2H3,(H,16,17)(H,18,19). The van der Waals surface area contributed by atoms with Crippen molar-refractivity contribution in [1.29, 1.82) is 0 Å². The predicted octanol–water partition coefficient (Wildman–Crippen LogP) is 3.92. The van der Waals surface area contributed by atoms with E-state index in [0.29, 0.717) is 11.3 Å². The summed E-state index contributed by atoms with van der Waals surface area (Å²) in [4.78, 5) is 23.4. The number of hydrogen-bond donors (Lipinski definition) is 2. The van der Waals surface area contributed by atoms with Gasteiger partial charge in [0.2, 0.25) is 0 Å². The van der Waals surface area contributed by atoms with Gasteiger partial charge in [-0.25, -0.2) is 4.79 Å². The average Bonchev–Trinajstić information content (AvgIpc) is 2.78. The molecular weight excluding hydrogens is 389 g/mol. The second kappa shape index (κ2) is 5.92. The third kappa shape index (κ3) is 3.18. The van der Waals surface area contributed by atoms with Gasteiger partial charge in [0, 0.05) is 5.38 Å². The van der Waals surface area contributed by atoms with Crippen molar-refractivity contribution in [3.8, 4) is 0 Å². The molecule has 0 saturated carbocycles. The van der Waals surface area contributed by atoms with E-state index in [4.69, 9.17) is 0 Å². The summed E-state index contributed by atoms with van der Waals surface area (Å²) in [6, 6.07) is 5.17. The molecule has 1 amide bonds. The van der Waals surface area contributed by atoms with Crippen molar-refractivity contribution in [3.63, 3.8) is 0 Å². The zero-order chi connectivity index (χ0) is 14.9. The van der Waals surface area contributed by atoms with Crippen molar-refractivity contribution in [2.45, 2.75) is 13.8 Å². The van der Waals surface area contributed by atoms with E-state index in [0.717, 1.165) is 14.0 Å². The van der Waals surface area contributed by atoms with Crippen LogP contribution < -0.4 is 5.32 Å². The van der Waals surface area contributed by atoms with E-state index in [1.54, 1.807) is 24.4 Å². The molecule has 1 aromatic heterocycles. The van der Waals surface area contributed by atoms with Gasteiger partial charge in [0.15, 0.2) is 0 Å². The fourth-order valence-corrected chi connectivity index (χ4v) is 3.24. The Labute approximate surface area is 134 Å². The van der Waals surface area contributed by atoms with Crippen LogP contribution in [-0.2, 0) is 0 Å². The number of anilines is 1. The van der Waals surface area contributed by atoms with Gasteiger partial charge in [0.25, 0.3) is 5.91 Å². The van der Waals surface area contributed by atoms with E-state index in [1.165, 1.54) is 11.3 Å². The highest BCUT2D eigenvalue weighted by Gasteiger charge is 2.17. The topological polar surface area (TPSA) is 66.4 Å². The lowest BCUT2D eigenvalue weighted by molar-refractivity contribution is 0.0698. The third-order valence-electron chi connectivity index (χ3n) is 2.78. The van der Waals surface area contributed by atoms with Crippen molar-refractivity contribution < 1.29 is 14.7 Å². The molecule has 0 radical (unpaired) electrons. The van der Waals surface area contributed by atoms with Crippen molar-refractivity contribution in [2.24, 2.45) is 0 Å². The summed E-state index contributed by atoms with van der Waals surface area (Å²) in [5, 5.41) is 13.7. The Morgan fingerprint density at radius 1 is 1.25 bits per heavy atom. The molecule has 0 saturated heterocycles. The van der Waals surface area contributed by atoms with E-state index in [1.807, 2.05) is 13.0 Å². The highest BCUT2D eigenvalue weighted by Crippen LogP contribution is 2.24. The average molecular weight is 401 g/mol. The first-order valence-corrected chi connectivity index (χ1v) is 7.74. The van der Waals surface area contributed by atoms with Crippen molar-refractivity contribution in [2.75, 3.05) is 5.32 Å². The number of carboxylic acids is 1. The van der Waals surface area contributed by atoms with Gasteiger partial charge >= 0.3 is 5.97 Å². The molecule has 4 nitrogen and oxygen atoms in total. The fourth-order valence-electron chi connectivity index (χ4n) is 1.92. The number of thiophene rings is 1. The zero-order valence-electron chi connectivity index (χ0n) is 10.9. The number of nitrogens with one attached hydrogen (secondary N) is 1. The summed E-state index contributed by atoms with van der Waals surface area (Å²) in [5.41, 5.74) is 2.59. The highest BCUT2D eigenvalue weighted by molar-refractivity contribution is 14.1. The first kappa shape index (κ1) is 15.0. The maximum absolute atomic E-state index is 12.1. The number of amides is 1. The van der Waals surface area contributed by atoms with Gasteiger partial charge in [-0.15, -0.1) is 11.3 Å². The number of aryl methyl sites for hydroxylation is 2. The minimum atomic E-state index is -1.05.